The minimum Gasteiger partial charge on any atom is -0.378 e. The molecule has 1 aliphatic rings. The second-order valence-corrected chi connectivity index (χ2v) is 7.75. The number of rotatable bonds is 9. The maximum absolute atomic E-state index is 10.7. The molecule has 0 unspecified atom stereocenters. The Morgan fingerprint density at radius 3 is 2.30 bits per heavy atom. The topological polar surface area (TPSA) is 82.3 Å². The van der Waals surface area contributed by atoms with Crippen molar-refractivity contribution in [3.05, 3.63) is 70.7 Å². The number of hydroxylamine groups is 2. The Hall–Kier alpha value is -2.16. The van der Waals surface area contributed by atoms with E-state index in [1.165, 1.54) is 11.1 Å². The summed E-state index contributed by atoms with van der Waals surface area (Å²) >= 11 is 6.10. The van der Waals surface area contributed by atoms with Crippen LogP contribution in [0.4, 0.5) is 4.79 Å². The van der Waals surface area contributed by atoms with Gasteiger partial charge in [-0.25, -0.2) is 9.86 Å². The monoisotopic (exact) mass is 432 g/mol. The number of urea groups is 1. The van der Waals surface area contributed by atoms with Crippen LogP contribution in [0.1, 0.15) is 17.2 Å². The SMILES string of the molecule is NC(=O)N(O)CCOCCN1CCN([C@@H](c2ccccc2)c2ccc(Cl)cc2)CC1. The largest absolute Gasteiger partial charge is 0.378 e. The molecule has 0 aromatic heterocycles. The van der Waals surface area contributed by atoms with E-state index in [0.717, 1.165) is 37.7 Å². The lowest BCUT2D eigenvalue weighted by molar-refractivity contribution is -0.0578. The highest BCUT2D eigenvalue weighted by molar-refractivity contribution is 6.30. The zero-order valence-electron chi connectivity index (χ0n) is 17.0. The van der Waals surface area contributed by atoms with Crippen LogP contribution in [-0.4, -0.2) is 78.6 Å². The fourth-order valence-electron chi connectivity index (χ4n) is 3.70. The maximum Gasteiger partial charge on any atom is 0.338 e. The van der Waals surface area contributed by atoms with E-state index in [-0.39, 0.29) is 19.2 Å². The van der Waals surface area contributed by atoms with Gasteiger partial charge in [0.15, 0.2) is 0 Å². The normalized spacial score (nSPS) is 16.3. The third-order valence-electron chi connectivity index (χ3n) is 5.33. The number of carbonyl (C=O) groups excluding carboxylic acids is 1. The number of nitrogens with zero attached hydrogens (tertiary/aromatic N) is 3. The molecule has 1 atom stereocenters. The number of primary amides is 1. The Morgan fingerprint density at radius 2 is 1.67 bits per heavy atom. The molecule has 0 bridgehead atoms. The van der Waals surface area contributed by atoms with Crippen molar-refractivity contribution in [1.29, 1.82) is 0 Å². The molecule has 2 aromatic carbocycles. The van der Waals surface area contributed by atoms with Gasteiger partial charge in [-0.1, -0.05) is 54.1 Å². The summed E-state index contributed by atoms with van der Waals surface area (Å²) < 4.78 is 5.50. The van der Waals surface area contributed by atoms with E-state index in [4.69, 9.17) is 22.1 Å². The molecule has 30 heavy (non-hydrogen) atoms. The first kappa shape index (κ1) is 22.5. The van der Waals surface area contributed by atoms with Gasteiger partial charge >= 0.3 is 6.03 Å². The number of benzene rings is 2. The summed E-state index contributed by atoms with van der Waals surface area (Å²) in [5.41, 5.74) is 7.48. The molecule has 0 spiro atoms. The van der Waals surface area contributed by atoms with Gasteiger partial charge in [-0.15, -0.1) is 0 Å². The summed E-state index contributed by atoms with van der Waals surface area (Å²) in [5.74, 6) is 0. The average molecular weight is 433 g/mol. The number of amides is 2. The van der Waals surface area contributed by atoms with E-state index in [9.17, 15) is 10.0 Å². The lowest BCUT2D eigenvalue weighted by atomic mass is 9.96. The van der Waals surface area contributed by atoms with Crippen LogP contribution < -0.4 is 5.73 Å². The quantitative estimate of drug-likeness (QED) is 0.361. The molecule has 7 nitrogen and oxygen atoms in total. The van der Waals surface area contributed by atoms with Crippen molar-refractivity contribution in [3.63, 3.8) is 0 Å². The van der Waals surface area contributed by atoms with Crippen molar-refractivity contribution in [3.8, 4) is 0 Å². The number of ether oxygens (including phenoxy) is 1. The van der Waals surface area contributed by atoms with Crippen molar-refractivity contribution in [2.24, 2.45) is 5.73 Å². The van der Waals surface area contributed by atoms with Crippen LogP contribution in [0.2, 0.25) is 5.02 Å². The number of hydrogen-bond donors (Lipinski definition) is 2. The van der Waals surface area contributed by atoms with E-state index < -0.39 is 6.03 Å². The van der Waals surface area contributed by atoms with Gasteiger partial charge in [-0.05, 0) is 23.3 Å². The van der Waals surface area contributed by atoms with Gasteiger partial charge in [0.1, 0.15) is 0 Å². The van der Waals surface area contributed by atoms with Crippen LogP contribution in [0.3, 0.4) is 0 Å². The van der Waals surface area contributed by atoms with Gasteiger partial charge < -0.3 is 10.5 Å². The van der Waals surface area contributed by atoms with Gasteiger partial charge in [0, 0.05) is 37.7 Å². The predicted octanol–water partition coefficient (Wildman–Crippen LogP) is 2.83. The molecule has 8 heteroatoms. The highest BCUT2D eigenvalue weighted by atomic mass is 35.5. The van der Waals surface area contributed by atoms with Gasteiger partial charge in [0.2, 0.25) is 0 Å². The summed E-state index contributed by atoms with van der Waals surface area (Å²) in [4.78, 5) is 15.6. The molecular weight excluding hydrogens is 404 g/mol. The second-order valence-electron chi connectivity index (χ2n) is 7.32. The van der Waals surface area contributed by atoms with Gasteiger partial charge in [0.05, 0.1) is 25.8 Å². The van der Waals surface area contributed by atoms with Crippen molar-refractivity contribution < 1.29 is 14.7 Å². The molecule has 1 aliphatic heterocycles. The van der Waals surface area contributed by atoms with Gasteiger partial charge in [0.25, 0.3) is 0 Å². The van der Waals surface area contributed by atoms with E-state index in [0.29, 0.717) is 11.7 Å². The van der Waals surface area contributed by atoms with Gasteiger partial charge in [-0.3, -0.25) is 15.0 Å². The Balaban J connectivity index is 1.51. The Bertz CT molecular complexity index is 783. The molecule has 2 amide bonds. The fraction of sp³-hybridized carbons (Fsp3) is 0.409. The molecule has 0 aliphatic carbocycles. The highest BCUT2D eigenvalue weighted by Gasteiger charge is 2.26. The molecule has 1 saturated heterocycles. The Kier molecular flexibility index (Phi) is 8.48. The lowest BCUT2D eigenvalue weighted by Crippen LogP contribution is -2.48. The number of halogens is 1. The van der Waals surface area contributed by atoms with Crippen molar-refractivity contribution in [2.75, 3.05) is 52.5 Å². The lowest BCUT2D eigenvalue weighted by Gasteiger charge is -2.39. The Morgan fingerprint density at radius 1 is 1.03 bits per heavy atom. The first-order chi connectivity index (χ1) is 14.5. The maximum atomic E-state index is 10.7. The standard InChI is InChI=1S/C22H29ClN4O3/c23-20-8-6-19(7-9-20)21(18-4-2-1-3-5-18)26-12-10-25(11-13-26)14-16-30-17-15-27(29)22(24)28/h1-9,21,29H,10-17H2,(H2,24,28)/t21-/m0/s1. The summed E-state index contributed by atoms with van der Waals surface area (Å²) in [5, 5.41) is 10.4. The van der Waals surface area contributed by atoms with E-state index in [2.05, 4.69) is 46.2 Å². The van der Waals surface area contributed by atoms with Gasteiger partial charge in [-0.2, -0.15) is 0 Å². The third kappa shape index (κ3) is 6.42. The fourth-order valence-corrected chi connectivity index (χ4v) is 3.82. The summed E-state index contributed by atoms with van der Waals surface area (Å²) in [6.45, 7) is 5.50. The summed E-state index contributed by atoms with van der Waals surface area (Å²) in [6.07, 6.45) is 0. The first-order valence-electron chi connectivity index (χ1n) is 10.1. The molecule has 3 N–H and O–H groups in total. The van der Waals surface area contributed by atoms with Crippen LogP contribution in [0.5, 0.6) is 0 Å². The smallest absolute Gasteiger partial charge is 0.338 e. The predicted molar refractivity (Wildman–Crippen MR) is 117 cm³/mol. The van der Waals surface area contributed by atoms with Crippen LogP contribution in [0, 0.1) is 0 Å². The molecule has 1 heterocycles. The zero-order chi connectivity index (χ0) is 21.3. The van der Waals surface area contributed by atoms with Crippen LogP contribution in [0.15, 0.2) is 54.6 Å². The number of nitrogens with two attached hydrogens (primary N) is 1. The molecule has 1 fully saturated rings. The van der Waals surface area contributed by atoms with E-state index in [1.807, 2.05) is 18.2 Å². The second kappa shape index (κ2) is 11.3. The van der Waals surface area contributed by atoms with E-state index in [1.54, 1.807) is 0 Å². The summed E-state index contributed by atoms with van der Waals surface area (Å²) in [6, 6.07) is 18.0. The van der Waals surface area contributed by atoms with Crippen molar-refractivity contribution in [1.82, 2.24) is 14.9 Å². The molecule has 0 radical (unpaired) electrons. The highest BCUT2D eigenvalue weighted by Crippen LogP contribution is 2.30. The van der Waals surface area contributed by atoms with E-state index >= 15 is 0 Å². The van der Waals surface area contributed by atoms with Crippen LogP contribution >= 0.6 is 11.6 Å². The zero-order valence-corrected chi connectivity index (χ0v) is 17.7. The third-order valence-corrected chi connectivity index (χ3v) is 5.58. The van der Waals surface area contributed by atoms with Crippen LogP contribution in [-0.2, 0) is 4.74 Å². The number of hydrogen-bond acceptors (Lipinski definition) is 5. The van der Waals surface area contributed by atoms with Crippen molar-refractivity contribution in [2.45, 2.75) is 6.04 Å². The minimum atomic E-state index is -0.872. The molecule has 2 aromatic rings. The van der Waals surface area contributed by atoms with Crippen molar-refractivity contribution >= 4 is 17.6 Å². The molecule has 162 valence electrons. The minimum absolute atomic E-state index is 0.0724. The Labute approximate surface area is 182 Å². The molecule has 0 saturated carbocycles. The van der Waals surface area contributed by atoms with Crippen LogP contribution in [0.25, 0.3) is 0 Å². The molecule has 3 rings (SSSR count). The average Bonchev–Trinajstić information content (AvgIpc) is 2.76. The number of carbonyl (C=O) groups is 1. The first-order valence-corrected chi connectivity index (χ1v) is 10.5. The number of piperazine rings is 1. The molecular formula is C22H29ClN4O3. The summed E-state index contributed by atoms with van der Waals surface area (Å²) in [7, 11) is 0.